The first-order valence-corrected chi connectivity index (χ1v) is 9.07. The lowest BCUT2D eigenvalue weighted by Crippen LogP contribution is -2.27. The normalized spacial score (nSPS) is 21.9. The third kappa shape index (κ3) is 3.93. The number of aliphatic hydroxyl groups is 1. The minimum absolute atomic E-state index is 0.0487. The van der Waals surface area contributed by atoms with E-state index in [2.05, 4.69) is 12.2 Å². The second-order valence-electron chi connectivity index (χ2n) is 7.34. The van der Waals surface area contributed by atoms with Gasteiger partial charge in [0.2, 0.25) is 5.91 Å². The molecule has 1 aliphatic rings. The van der Waals surface area contributed by atoms with Crippen molar-refractivity contribution in [3.8, 4) is 0 Å². The van der Waals surface area contributed by atoms with Crippen LogP contribution in [0.2, 0.25) is 0 Å². The topological polar surface area (TPSA) is 71.3 Å². The molecule has 1 amide bonds. The molecule has 1 aliphatic carbocycles. The number of hydrogen-bond donors (Lipinski definition) is 2. The summed E-state index contributed by atoms with van der Waals surface area (Å²) in [7, 11) is 0. The second kappa shape index (κ2) is 7.40. The predicted molar refractivity (Wildman–Crippen MR) is 99.6 cm³/mol. The summed E-state index contributed by atoms with van der Waals surface area (Å²) in [6.07, 6.45) is 5.13. The van der Waals surface area contributed by atoms with Crippen LogP contribution in [0.1, 0.15) is 39.5 Å². The van der Waals surface area contributed by atoms with Gasteiger partial charge in [0.15, 0.2) is 0 Å². The van der Waals surface area contributed by atoms with Gasteiger partial charge in [0.1, 0.15) is 0 Å². The Kier molecular flexibility index (Phi) is 5.23. The van der Waals surface area contributed by atoms with Crippen LogP contribution in [0.5, 0.6) is 0 Å². The Labute approximate surface area is 147 Å². The number of benzene rings is 1. The van der Waals surface area contributed by atoms with Gasteiger partial charge in [-0.15, -0.1) is 0 Å². The van der Waals surface area contributed by atoms with Crippen LogP contribution in [0.15, 0.2) is 35.3 Å². The summed E-state index contributed by atoms with van der Waals surface area (Å²) in [5.41, 5.74) is 0.531. The number of nitrogens with one attached hydrogen (secondary N) is 1. The van der Waals surface area contributed by atoms with E-state index >= 15 is 0 Å². The number of nitrogens with zero attached hydrogens (tertiary/aromatic N) is 1. The zero-order valence-corrected chi connectivity index (χ0v) is 14.9. The largest absolute Gasteiger partial charge is 0.392 e. The van der Waals surface area contributed by atoms with Crippen molar-refractivity contribution >= 4 is 22.4 Å². The first-order chi connectivity index (χ1) is 12.0. The van der Waals surface area contributed by atoms with Crippen molar-refractivity contribution < 1.29 is 9.90 Å². The third-order valence-corrected chi connectivity index (χ3v) is 5.12. The van der Waals surface area contributed by atoms with Gasteiger partial charge in [-0.25, -0.2) is 0 Å². The summed E-state index contributed by atoms with van der Waals surface area (Å²) in [6, 6.07) is 7.21. The van der Waals surface area contributed by atoms with E-state index in [-0.39, 0.29) is 23.9 Å². The van der Waals surface area contributed by atoms with Crippen molar-refractivity contribution in [2.75, 3.05) is 5.32 Å². The highest BCUT2D eigenvalue weighted by molar-refractivity contribution is 6.02. The van der Waals surface area contributed by atoms with Gasteiger partial charge in [-0.3, -0.25) is 9.59 Å². The van der Waals surface area contributed by atoms with Crippen LogP contribution < -0.4 is 10.9 Å². The van der Waals surface area contributed by atoms with Gasteiger partial charge in [-0.2, -0.15) is 0 Å². The number of anilines is 1. The predicted octanol–water partition coefficient (Wildman–Crippen LogP) is 3.15. The lowest BCUT2D eigenvalue weighted by atomic mass is 9.82. The Morgan fingerprint density at radius 2 is 1.96 bits per heavy atom. The molecule has 1 fully saturated rings. The Hall–Kier alpha value is -2.14. The van der Waals surface area contributed by atoms with Gasteiger partial charge in [0.05, 0.1) is 12.6 Å². The number of fused-ring (bicyclic) bond motifs is 1. The molecule has 2 aromatic rings. The molecular formula is C20H26N2O3. The van der Waals surface area contributed by atoms with Gasteiger partial charge in [0, 0.05) is 28.6 Å². The van der Waals surface area contributed by atoms with Crippen LogP contribution in [0.3, 0.4) is 0 Å². The van der Waals surface area contributed by atoms with Crippen molar-refractivity contribution in [1.29, 1.82) is 0 Å². The molecule has 0 radical (unpaired) electrons. The summed E-state index contributed by atoms with van der Waals surface area (Å²) in [6.45, 7) is 4.14. The number of carbonyl (C=O) groups excluding carboxylic acids is 1. The lowest BCUT2D eigenvalue weighted by Gasteiger charge is -2.25. The summed E-state index contributed by atoms with van der Waals surface area (Å²) < 4.78 is 1.50. The van der Waals surface area contributed by atoms with Crippen molar-refractivity contribution in [3.63, 3.8) is 0 Å². The number of aliphatic hydroxyl groups excluding tert-OH is 1. The standard InChI is InChI=1S/C20H26N2O3/c1-13-6-8-15(9-7-13)19(24)21-18-5-3-4-17-16(18)10-11-22(20(17)25)12-14(2)23/h3-5,10-11,13-15,23H,6-9,12H2,1-2H3,(H,21,24)/t13-,14?,15-. The number of carbonyl (C=O) groups is 1. The molecule has 0 aliphatic heterocycles. The zero-order valence-electron chi connectivity index (χ0n) is 14.9. The highest BCUT2D eigenvalue weighted by atomic mass is 16.3. The number of pyridine rings is 1. The fraction of sp³-hybridized carbons (Fsp3) is 0.500. The molecule has 0 bridgehead atoms. The first kappa shape index (κ1) is 17.7. The summed E-state index contributed by atoms with van der Waals surface area (Å²) in [5.74, 6) is 0.809. The SMILES string of the molecule is CC(O)Cn1ccc2c(NC(=O)[C@H]3CC[C@H](C)CC3)cccc2c1=O. The molecule has 0 spiro atoms. The van der Waals surface area contributed by atoms with Gasteiger partial charge >= 0.3 is 0 Å². The highest BCUT2D eigenvalue weighted by Crippen LogP contribution is 2.30. The molecule has 3 rings (SSSR count). The second-order valence-corrected chi connectivity index (χ2v) is 7.34. The molecule has 1 unspecified atom stereocenters. The van der Waals surface area contributed by atoms with Gasteiger partial charge in [-0.1, -0.05) is 13.0 Å². The molecule has 5 nitrogen and oxygen atoms in total. The minimum Gasteiger partial charge on any atom is -0.392 e. The number of hydrogen-bond acceptors (Lipinski definition) is 3. The van der Waals surface area contributed by atoms with Crippen LogP contribution in [-0.4, -0.2) is 21.7 Å². The van der Waals surface area contributed by atoms with E-state index in [4.69, 9.17) is 0 Å². The number of amides is 1. The fourth-order valence-corrected chi connectivity index (χ4v) is 3.61. The Morgan fingerprint density at radius 1 is 1.24 bits per heavy atom. The van der Waals surface area contributed by atoms with Crippen molar-refractivity contribution in [2.45, 2.75) is 52.2 Å². The Morgan fingerprint density at radius 3 is 2.64 bits per heavy atom. The van der Waals surface area contributed by atoms with Crippen LogP contribution in [0, 0.1) is 11.8 Å². The van der Waals surface area contributed by atoms with Crippen molar-refractivity contribution in [3.05, 3.63) is 40.8 Å². The fourth-order valence-electron chi connectivity index (χ4n) is 3.61. The average Bonchev–Trinajstić information content (AvgIpc) is 2.58. The van der Waals surface area contributed by atoms with E-state index in [1.165, 1.54) is 4.57 Å². The van der Waals surface area contributed by atoms with Crippen LogP contribution in [0.4, 0.5) is 5.69 Å². The molecule has 1 aromatic carbocycles. The molecule has 1 saturated carbocycles. The Bertz CT molecular complexity index is 817. The van der Waals surface area contributed by atoms with E-state index in [1.54, 1.807) is 25.3 Å². The van der Waals surface area contributed by atoms with E-state index in [0.29, 0.717) is 17.0 Å². The zero-order chi connectivity index (χ0) is 18.0. The molecule has 134 valence electrons. The maximum absolute atomic E-state index is 12.6. The molecule has 1 aromatic heterocycles. The lowest BCUT2D eigenvalue weighted by molar-refractivity contribution is -0.121. The molecular weight excluding hydrogens is 316 g/mol. The van der Waals surface area contributed by atoms with Gasteiger partial charge in [-0.05, 0) is 56.7 Å². The smallest absolute Gasteiger partial charge is 0.258 e. The summed E-state index contributed by atoms with van der Waals surface area (Å²) in [4.78, 5) is 25.2. The molecule has 5 heteroatoms. The first-order valence-electron chi connectivity index (χ1n) is 9.07. The highest BCUT2D eigenvalue weighted by Gasteiger charge is 2.24. The van der Waals surface area contributed by atoms with Gasteiger partial charge in [0.25, 0.3) is 5.56 Å². The molecule has 2 N–H and O–H groups in total. The van der Waals surface area contributed by atoms with E-state index in [0.717, 1.165) is 31.1 Å². The number of rotatable bonds is 4. The van der Waals surface area contributed by atoms with Crippen LogP contribution >= 0.6 is 0 Å². The monoisotopic (exact) mass is 342 g/mol. The Balaban J connectivity index is 1.86. The molecule has 1 heterocycles. The maximum Gasteiger partial charge on any atom is 0.258 e. The van der Waals surface area contributed by atoms with E-state index in [9.17, 15) is 14.7 Å². The molecule has 1 atom stereocenters. The van der Waals surface area contributed by atoms with E-state index < -0.39 is 6.10 Å². The minimum atomic E-state index is -0.591. The van der Waals surface area contributed by atoms with E-state index in [1.807, 2.05) is 12.1 Å². The summed E-state index contributed by atoms with van der Waals surface area (Å²) in [5, 5.41) is 13.8. The van der Waals surface area contributed by atoms with Gasteiger partial charge < -0.3 is 15.0 Å². The van der Waals surface area contributed by atoms with Crippen molar-refractivity contribution in [2.24, 2.45) is 11.8 Å². The molecule has 25 heavy (non-hydrogen) atoms. The average molecular weight is 342 g/mol. The van der Waals surface area contributed by atoms with Crippen LogP contribution in [0.25, 0.3) is 10.8 Å². The summed E-state index contributed by atoms with van der Waals surface area (Å²) >= 11 is 0. The quantitative estimate of drug-likeness (QED) is 0.896. The number of aromatic nitrogens is 1. The van der Waals surface area contributed by atoms with Crippen LogP contribution in [-0.2, 0) is 11.3 Å². The maximum atomic E-state index is 12.6. The van der Waals surface area contributed by atoms with Crippen molar-refractivity contribution in [1.82, 2.24) is 4.57 Å². The molecule has 0 saturated heterocycles. The third-order valence-electron chi connectivity index (χ3n) is 5.12.